The summed E-state index contributed by atoms with van der Waals surface area (Å²) in [5, 5.41) is 0. The molecule has 2 heteroatoms. The van der Waals surface area contributed by atoms with Crippen LogP contribution in [0, 0.1) is 13.3 Å². The summed E-state index contributed by atoms with van der Waals surface area (Å²) in [6.45, 7) is 2.05. The van der Waals surface area contributed by atoms with Gasteiger partial charge in [-0.1, -0.05) is 29.8 Å². The second kappa shape index (κ2) is 2.81. The fourth-order valence-corrected chi connectivity index (χ4v) is 1.04. The van der Waals surface area contributed by atoms with E-state index >= 15 is 0 Å². The Morgan fingerprint density at radius 1 is 1.25 bits per heavy atom. The number of aromatic nitrogens is 1. The maximum Gasteiger partial charge on any atom is 0.284 e. The Balaban J connectivity index is 2.43. The zero-order valence-electron chi connectivity index (χ0n) is 6.74. The first-order valence-electron chi connectivity index (χ1n) is 3.75. The molecule has 1 radical (unpaired) electrons. The van der Waals surface area contributed by atoms with Gasteiger partial charge >= 0.3 is 0 Å². The van der Waals surface area contributed by atoms with Crippen molar-refractivity contribution in [3.05, 3.63) is 42.4 Å². The summed E-state index contributed by atoms with van der Waals surface area (Å²) in [6, 6.07) is 8.09. The fourth-order valence-electron chi connectivity index (χ4n) is 1.04. The first-order chi connectivity index (χ1) is 5.86. The third-order valence-corrected chi connectivity index (χ3v) is 1.73. The number of oxazole rings is 1. The lowest BCUT2D eigenvalue weighted by Crippen LogP contribution is -1.74. The quantitative estimate of drug-likeness (QED) is 0.637. The highest BCUT2D eigenvalue weighted by Gasteiger charge is 1.99. The van der Waals surface area contributed by atoms with Gasteiger partial charge in [0.2, 0.25) is 0 Å². The minimum Gasteiger partial charge on any atom is -0.432 e. The number of hydrogen-bond donors (Lipinski definition) is 0. The van der Waals surface area contributed by atoms with Crippen LogP contribution in [0.1, 0.15) is 5.56 Å². The van der Waals surface area contributed by atoms with E-state index < -0.39 is 0 Å². The Morgan fingerprint density at radius 2 is 2.00 bits per heavy atom. The Morgan fingerprint density at radius 3 is 2.58 bits per heavy atom. The molecule has 0 spiro atoms. The van der Waals surface area contributed by atoms with Crippen molar-refractivity contribution >= 4 is 0 Å². The van der Waals surface area contributed by atoms with Crippen molar-refractivity contribution in [2.75, 3.05) is 0 Å². The third kappa shape index (κ3) is 1.23. The van der Waals surface area contributed by atoms with Gasteiger partial charge in [0.05, 0.1) is 6.20 Å². The second-order valence-electron chi connectivity index (χ2n) is 2.68. The largest absolute Gasteiger partial charge is 0.432 e. The summed E-state index contributed by atoms with van der Waals surface area (Å²) in [4.78, 5) is 3.73. The molecule has 59 valence electrons. The van der Waals surface area contributed by atoms with Gasteiger partial charge in [0.1, 0.15) is 0 Å². The van der Waals surface area contributed by atoms with E-state index in [1.54, 1.807) is 6.20 Å². The Hall–Kier alpha value is -1.57. The van der Waals surface area contributed by atoms with Crippen molar-refractivity contribution in [3.63, 3.8) is 0 Å². The van der Waals surface area contributed by atoms with E-state index in [0.29, 0.717) is 0 Å². The SMILES string of the molecule is Cc1ccc(-c2cn[c]o2)cc1. The van der Waals surface area contributed by atoms with E-state index in [4.69, 9.17) is 4.42 Å². The fraction of sp³-hybridized carbons (Fsp3) is 0.100. The van der Waals surface area contributed by atoms with E-state index in [1.165, 1.54) is 5.56 Å². The molecule has 0 amide bonds. The van der Waals surface area contributed by atoms with Crippen molar-refractivity contribution in [1.82, 2.24) is 4.98 Å². The molecule has 0 unspecified atom stereocenters. The van der Waals surface area contributed by atoms with Crippen LogP contribution in [0.15, 0.2) is 34.9 Å². The summed E-state index contributed by atoms with van der Waals surface area (Å²) in [5.41, 5.74) is 2.27. The molecular formula is C10H8NO. The summed E-state index contributed by atoms with van der Waals surface area (Å²) in [7, 11) is 0. The Kier molecular flexibility index (Phi) is 1.67. The molecule has 0 N–H and O–H groups in total. The highest BCUT2D eigenvalue weighted by atomic mass is 16.3. The number of hydrogen-bond acceptors (Lipinski definition) is 2. The molecule has 0 atom stereocenters. The molecule has 0 fully saturated rings. The van der Waals surface area contributed by atoms with E-state index in [-0.39, 0.29) is 0 Å². The van der Waals surface area contributed by atoms with Crippen LogP contribution in [-0.2, 0) is 0 Å². The molecule has 0 saturated carbocycles. The standard InChI is InChI=1S/C10H8NO/c1-8-2-4-9(5-3-8)10-6-11-7-12-10/h2-6H,1H3. The molecule has 2 nitrogen and oxygen atoms in total. The topological polar surface area (TPSA) is 26.0 Å². The molecule has 0 saturated heterocycles. The average molecular weight is 158 g/mol. The van der Waals surface area contributed by atoms with Gasteiger partial charge < -0.3 is 4.42 Å². The highest BCUT2D eigenvalue weighted by Crippen LogP contribution is 2.17. The van der Waals surface area contributed by atoms with Crippen LogP contribution in [0.5, 0.6) is 0 Å². The number of aryl methyl sites for hydroxylation is 1. The predicted octanol–water partition coefficient (Wildman–Crippen LogP) is 2.45. The molecule has 2 aromatic rings. The molecule has 0 bridgehead atoms. The second-order valence-corrected chi connectivity index (χ2v) is 2.68. The maximum atomic E-state index is 5.02. The van der Waals surface area contributed by atoms with Gasteiger partial charge in [0, 0.05) is 5.56 Å². The lowest BCUT2D eigenvalue weighted by atomic mass is 10.1. The van der Waals surface area contributed by atoms with Gasteiger partial charge in [-0.3, -0.25) is 0 Å². The molecule has 1 heterocycles. The van der Waals surface area contributed by atoms with Gasteiger partial charge in [-0.05, 0) is 6.92 Å². The summed E-state index contributed by atoms with van der Waals surface area (Å²) in [6.07, 6.45) is 4.08. The van der Waals surface area contributed by atoms with Gasteiger partial charge in [0.25, 0.3) is 6.39 Å². The lowest BCUT2D eigenvalue weighted by molar-refractivity contribution is 0.561. The maximum absolute atomic E-state index is 5.02. The lowest BCUT2D eigenvalue weighted by Gasteiger charge is -1.95. The van der Waals surface area contributed by atoms with Crippen molar-refractivity contribution in [1.29, 1.82) is 0 Å². The van der Waals surface area contributed by atoms with E-state index in [1.807, 2.05) is 24.3 Å². The van der Waals surface area contributed by atoms with Crippen molar-refractivity contribution in [2.24, 2.45) is 0 Å². The minimum atomic E-state index is 0.759. The predicted molar refractivity (Wildman–Crippen MR) is 45.5 cm³/mol. The molecule has 1 aromatic carbocycles. The first-order valence-corrected chi connectivity index (χ1v) is 3.75. The normalized spacial score (nSPS) is 10.1. The third-order valence-electron chi connectivity index (χ3n) is 1.73. The number of rotatable bonds is 1. The monoisotopic (exact) mass is 158 g/mol. The smallest absolute Gasteiger partial charge is 0.284 e. The van der Waals surface area contributed by atoms with Gasteiger partial charge in [-0.25, -0.2) is 4.98 Å². The molecule has 0 aliphatic carbocycles. The molecule has 1 aromatic heterocycles. The molecule has 0 aliphatic heterocycles. The van der Waals surface area contributed by atoms with Crippen LogP contribution in [0.3, 0.4) is 0 Å². The summed E-state index contributed by atoms with van der Waals surface area (Å²) < 4.78 is 5.02. The highest BCUT2D eigenvalue weighted by molar-refractivity contribution is 5.56. The zero-order chi connectivity index (χ0) is 8.39. The molecule has 0 aliphatic rings. The minimum absolute atomic E-state index is 0.759. The molecule has 2 rings (SSSR count). The van der Waals surface area contributed by atoms with Crippen LogP contribution in [0.2, 0.25) is 0 Å². The Bertz CT molecular complexity index is 348. The zero-order valence-corrected chi connectivity index (χ0v) is 6.74. The first kappa shape index (κ1) is 7.10. The van der Waals surface area contributed by atoms with Crippen LogP contribution in [0.25, 0.3) is 11.3 Å². The number of nitrogens with zero attached hydrogens (tertiary/aromatic N) is 1. The van der Waals surface area contributed by atoms with Crippen LogP contribution >= 0.6 is 0 Å². The van der Waals surface area contributed by atoms with Crippen molar-refractivity contribution in [2.45, 2.75) is 6.92 Å². The van der Waals surface area contributed by atoms with Gasteiger partial charge in [-0.2, -0.15) is 0 Å². The average Bonchev–Trinajstić information content (AvgIpc) is 2.58. The van der Waals surface area contributed by atoms with Gasteiger partial charge in [0.15, 0.2) is 5.76 Å². The summed E-state index contributed by atoms with van der Waals surface area (Å²) in [5.74, 6) is 0.759. The summed E-state index contributed by atoms with van der Waals surface area (Å²) >= 11 is 0. The van der Waals surface area contributed by atoms with E-state index in [2.05, 4.69) is 18.3 Å². The molecule has 12 heavy (non-hydrogen) atoms. The Labute approximate surface area is 70.9 Å². The van der Waals surface area contributed by atoms with Crippen LogP contribution in [-0.4, -0.2) is 4.98 Å². The van der Waals surface area contributed by atoms with Crippen LogP contribution in [0.4, 0.5) is 0 Å². The number of benzene rings is 1. The van der Waals surface area contributed by atoms with Gasteiger partial charge in [-0.15, -0.1) is 0 Å². The van der Waals surface area contributed by atoms with Crippen molar-refractivity contribution in [3.8, 4) is 11.3 Å². The van der Waals surface area contributed by atoms with E-state index in [0.717, 1.165) is 11.3 Å². The van der Waals surface area contributed by atoms with E-state index in [9.17, 15) is 0 Å². The molecular weight excluding hydrogens is 150 g/mol. The van der Waals surface area contributed by atoms with Crippen LogP contribution < -0.4 is 0 Å². The van der Waals surface area contributed by atoms with Crippen molar-refractivity contribution < 1.29 is 4.42 Å².